The van der Waals surface area contributed by atoms with Crippen LogP contribution in [0.15, 0.2) is 46.7 Å². The predicted octanol–water partition coefficient (Wildman–Crippen LogP) is 5.76. The standard InChI is InChI=1S/C21H18Cl2F2N2O2S2/c22-14-7-13(8-15(24)10-14)9-16-12-30-21(26-16)27-5-3-17(4-6-27)31(28,29)18-1-2-20(25)19(23)11-18/h1-2,7-8,10-12,17H,3-6,9H2. The van der Waals surface area contributed by atoms with Gasteiger partial charge in [-0.1, -0.05) is 23.2 Å². The van der Waals surface area contributed by atoms with Crippen molar-refractivity contribution in [1.82, 2.24) is 4.98 Å². The molecule has 164 valence electrons. The van der Waals surface area contributed by atoms with Gasteiger partial charge in [-0.05, 0) is 54.8 Å². The molecule has 0 N–H and O–H groups in total. The summed E-state index contributed by atoms with van der Waals surface area (Å²) in [6.07, 6.45) is 1.33. The molecule has 4 nitrogen and oxygen atoms in total. The molecule has 4 rings (SSSR count). The molecule has 31 heavy (non-hydrogen) atoms. The summed E-state index contributed by atoms with van der Waals surface area (Å²) in [7, 11) is -3.59. The van der Waals surface area contributed by atoms with Gasteiger partial charge in [-0.2, -0.15) is 0 Å². The number of aromatic nitrogens is 1. The van der Waals surface area contributed by atoms with Crippen molar-refractivity contribution in [1.29, 1.82) is 0 Å². The molecule has 1 aliphatic heterocycles. The van der Waals surface area contributed by atoms with Gasteiger partial charge in [-0.15, -0.1) is 11.3 Å². The summed E-state index contributed by atoms with van der Waals surface area (Å²) in [5.41, 5.74) is 1.54. The van der Waals surface area contributed by atoms with Crippen LogP contribution in [-0.4, -0.2) is 31.7 Å². The summed E-state index contributed by atoms with van der Waals surface area (Å²) >= 11 is 13.1. The molecule has 0 unspecified atom stereocenters. The molecule has 0 saturated carbocycles. The van der Waals surface area contributed by atoms with Gasteiger partial charge in [-0.3, -0.25) is 0 Å². The number of piperidine rings is 1. The van der Waals surface area contributed by atoms with Crippen LogP contribution in [0.2, 0.25) is 10.0 Å². The molecule has 0 radical (unpaired) electrons. The Morgan fingerprint density at radius 2 is 1.84 bits per heavy atom. The molecule has 1 saturated heterocycles. The monoisotopic (exact) mass is 502 g/mol. The minimum Gasteiger partial charge on any atom is -0.348 e. The summed E-state index contributed by atoms with van der Waals surface area (Å²) < 4.78 is 52.7. The Hall–Kier alpha value is -1.74. The van der Waals surface area contributed by atoms with E-state index in [-0.39, 0.29) is 15.7 Å². The van der Waals surface area contributed by atoms with E-state index in [0.717, 1.165) is 22.5 Å². The fourth-order valence-corrected chi connectivity index (χ4v) is 6.77. The number of sulfone groups is 1. The first kappa shape index (κ1) is 22.5. The Morgan fingerprint density at radius 3 is 2.52 bits per heavy atom. The smallest absolute Gasteiger partial charge is 0.185 e. The molecule has 0 bridgehead atoms. The molecule has 2 heterocycles. The van der Waals surface area contributed by atoms with Crippen molar-refractivity contribution in [3.05, 3.63) is 74.7 Å². The van der Waals surface area contributed by atoms with E-state index < -0.39 is 20.9 Å². The molecule has 0 amide bonds. The van der Waals surface area contributed by atoms with E-state index in [4.69, 9.17) is 23.2 Å². The molecular weight excluding hydrogens is 485 g/mol. The van der Waals surface area contributed by atoms with Crippen LogP contribution in [0.25, 0.3) is 0 Å². The lowest BCUT2D eigenvalue weighted by atomic mass is 10.1. The Labute approximate surface area is 193 Å². The second-order valence-corrected chi connectivity index (χ2v) is 11.3. The quantitative estimate of drug-likeness (QED) is 0.416. The van der Waals surface area contributed by atoms with Gasteiger partial charge in [0.25, 0.3) is 0 Å². The summed E-state index contributed by atoms with van der Waals surface area (Å²) in [5, 5.41) is 2.30. The van der Waals surface area contributed by atoms with Crippen LogP contribution in [0.5, 0.6) is 0 Å². The number of rotatable bonds is 5. The lowest BCUT2D eigenvalue weighted by Crippen LogP contribution is -2.39. The Bertz CT molecular complexity index is 1190. The summed E-state index contributed by atoms with van der Waals surface area (Å²) in [5.74, 6) is -1.03. The summed E-state index contributed by atoms with van der Waals surface area (Å²) in [6.45, 7) is 1.08. The maximum absolute atomic E-state index is 13.5. The van der Waals surface area contributed by atoms with E-state index >= 15 is 0 Å². The number of hydrogen-bond acceptors (Lipinski definition) is 5. The van der Waals surface area contributed by atoms with Gasteiger partial charge < -0.3 is 4.90 Å². The minimum atomic E-state index is -3.59. The lowest BCUT2D eigenvalue weighted by molar-refractivity contribution is 0.529. The highest BCUT2D eigenvalue weighted by Crippen LogP contribution is 2.31. The van der Waals surface area contributed by atoms with E-state index in [2.05, 4.69) is 9.88 Å². The zero-order chi connectivity index (χ0) is 22.2. The van der Waals surface area contributed by atoms with Crippen molar-refractivity contribution < 1.29 is 17.2 Å². The SMILES string of the molecule is O=S(=O)(c1ccc(F)c(Cl)c1)C1CCN(c2nc(Cc3cc(F)cc(Cl)c3)cs2)CC1. The minimum absolute atomic E-state index is 0.0441. The highest BCUT2D eigenvalue weighted by Gasteiger charge is 2.32. The zero-order valence-electron chi connectivity index (χ0n) is 16.2. The fraction of sp³-hybridized carbons (Fsp3) is 0.286. The van der Waals surface area contributed by atoms with E-state index in [1.54, 1.807) is 6.07 Å². The predicted molar refractivity (Wildman–Crippen MR) is 120 cm³/mol. The van der Waals surface area contributed by atoms with E-state index in [1.165, 1.54) is 35.6 Å². The molecule has 0 spiro atoms. The van der Waals surface area contributed by atoms with Crippen LogP contribution in [0.1, 0.15) is 24.1 Å². The summed E-state index contributed by atoms with van der Waals surface area (Å²) in [4.78, 5) is 6.72. The van der Waals surface area contributed by atoms with E-state index in [0.29, 0.717) is 37.4 Å². The lowest BCUT2D eigenvalue weighted by Gasteiger charge is -2.31. The molecule has 1 aromatic heterocycles. The Balaban J connectivity index is 1.41. The van der Waals surface area contributed by atoms with E-state index in [1.807, 2.05) is 5.38 Å². The molecule has 10 heteroatoms. The topological polar surface area (TPSA) is 50.3 Å². The van der Waals surface area contributed by atoms with Gasteiger partial charge in [0.05, 0.1) is 20.9 Å². The largest absolute Gasteiger partial charge is 0.348 e. The van der Waals surface area contributed by atoms with Crippen molar-refractivity contribution in [2.24, 2.45) is 0 Å². The van der Waals surface area contributed by atoms with Crippen molar-refractivity contribution in [3.63, 3.8) is 0 Å². The van der Waals surface area contributed by atoms with Gasteiger partial charge in [0.1, 0.15) is 11.6 Å². The highest BCUT2D eigenvalue weighted by atomic mass is 35.5. The van der Waals surface area contributed by atoms with Gasteiger partial charge >= 0.3 is 0 Å². The van der Waals surface area contributed by atoms with Gasteiger partial charge in [0.2, 0.25) is 0 Å². The average Bonchev–Trinajstić information content (AvgIpc) is 3.17. The molecule has 0 atom stereocenters. The number of halogens is 4. The second kappa shape index (κ2) is 9.02. The van der Waals surface area contributed by atoms with Crippen molar-refractivity contribution in [2.75, 3.05) is 18.0 Å². The summed E-state index contributed by atoms with van der Waals surface area (Å²) in [6, 6.07) is 7.91. The molecule has 2 aromatic carbocycles. The maximum atomic E-state index is 13.5. The number of anilines is 1. The van der Waals surface area contributed by atoms with Gasteiger partial charge in [-0.25, -0.2) is 22.2 Å². The van der Waals surface area contributed by atoms with Crippen molar-refractivity contribution in [3.8, 4) is 0 Å². The van der Waals surface area contributed by atoms with Crippen LogP contribution in [0.3, 0.4) is 0 Å². The normalized spacial score (nSPS) is 15.4. The third-order valence-electron chi connectivity index (χ3n) is 5.22. The first-order valence-corrected chi connectivity index (χ1v) is 12.7. The van der Waals surface area contributed by atoms with Crippen molar-refractivity contribution in [2.45, 2.75) is 29.4 Å². The van der Waals surface area contributed by atoms with Crippen LogP contribution < -0.4 is 4.90 Å². The average molecular weight is 503 g/mol. The van der Waals surface area contributed by atoms with Crippen LogP contribution >= 0.6 is 34.5 Å². The Kier molecular flexibility index (Phi) is 6.53. The number of benzene rings is 2. The maximum Gasteiger partial charge on any atom is 0.185 e. The van der Waals surface area contributed by atoms with Crippen LogP contribution in [0, 0.1) is 11.6 Å². The Morgan fingerprint density at radius 1 is 1.10 bits per heavy atom. The van der Waals surface area contributed by atoms with Crippen molar-refractivity contribution >= 4 is 49.5 Å². The first-order chi connectivity index (χ1) is 14.7. The number of nitrogens with zero attached hydrogens (tertiary/aromatic N) is 2. The second-order valence-electron chi connectivity index (χ2n) is 7.38. The van der Waals surface area contributed by atoms with Gasteiger partial charge in [0, 0.05) is 29.9 Å². The highest BCUT2D eigenvalue weighted by molar-refractivity contribution is 7.92. The number of thiazole rings is 1. The molecule has 3 aromatic rings. The van der Waals surface area contributed by atoms with Crippen LogP contribution in [0.4, 0.5) is 13.9 Å². The third-order valence-corrected chi connectivity index (χ3v) is 8.94. The van der Waals surface area contributed by atoms with Crippen LogP contribution in [-0.2, 0) is 16.3 Å². The molecule has 1 fully saturated rings. The van der Waals surface area contributed by atoms with Gasteiger partial charge in [0.15, 0.2) is 15.0 Å². The first-order valence-electron chi connectivity index (χ1n) is 9.55. The third kappa shape index (κ3) is 5.03. The zero-order valence-corrected chi connectivity index (χ0v) is 19.3. The molecule has 0 aliphatic carbocycles. The molecular formula is C21H18Cl2F2N2O2S2. The molecule has 1 aliphatic rings. The fourth-order valence-electron chi connectivity index (χ4n) is 3.65. The number of hydrogen-bond donors (Lipinski definition) is 0. The van der Waals surface area contributed by atoms with E-state index in [9.17, 15) is 17.2 Å².